The zero-order chi connectivity index (χ0) is 12.3. The van der Waals surface area contributed by atoms with E-state index < -0.39 is 0 Å². The van der Waals surface area contributed by atoms with Crippen LogP contribution in [0.25, 0.3) is 0 Å². The molecule has 2 unspecified atom stereocenters. The van der Waals surface area contributed by atoms with Crippen molar-refractivity contribution >= 4 is 11.5 Å². The van der Waals surface area contributed by atoms with Gasteiger partial charge in [0.2, 0.25) is 0 Å². The zero-order valence-electron chi connectivity index (χ0n) is 10.4. The van der Waals surface area contributed by atoms with Gasteiger partial charge in [-0.15, -0.1) is 0 Å². The van der Waals surface area contributed by atoms with Crippen molar-refractivity contribution in [3.05, 3.63) is 41.0 Å². The van der Waals surface area contributed by atoms with E-state index in [0.717, 1.165) is 24.8 Å². The molecule has 2 atom stereocenters. The molecule has 2 heteroatoms. The van der Waals surface area contributed by atoms with Gasteiger partial charge < -0.3 is 5.73 Å². The quantitative estimate of drug-likeness (QED) is 0.558. The van der Waals surface area contributed by atoms with E-state index in [1.54, 1.807) is 5.57 Å². The van der Waals surface area contributed by atoms with Crippen LogP contribution < -0.4 is 5.73 Å². The number of benzene rings is 1. The molecule has 2 N–H and O–H groups in total. The molecule has 4 rings (SSSR count). The molecular weight excluding hydrogens is 222 g/mol. The summed E-state index contributed by atoms with van der Waals surface area (Å²) in [5, 5.41) is 0. The molecule has 0 saturated heterocycles. The molecule has 2 bridgehead atoms. The summed E-state index contributed by atoms with van der Waals surface area (Å²) in [5.41, 5.74) is 10.4. The van der Waals surface area contributed by atoms with E-state index in [9.17, 15) is 4.79 Å². The lowest BCUT2D eigenvalue weighted by atomic mass is 9.63. The number of hydrogen-bond donors (Lipinski definition) is 1. The van der Waals surface area contributed by atoms with Crippen molar-refractivity contribution in [3.8, 4) is 0 Å². The van der Waals surface area contributed by atoms with Crippen LogP contribution in [0.1, 0.15) is 41.6 Å². The lowest BCUT2D eigenvalue weighted by molar-refractivity contribution is 0.0824. The van der Waals surface area contributed by atoms with Crippen molar-refractivity contribution in [3.63, 3.8) is 0 Å². The van der Waals surface area contributed by atoms with E-state index in [-0.39, 0.29) is 5.41 Å². The molecule has 1 aromatic carbocycles. The molecule has 1 fully saturated rings. The van der Waals surface area contributed by atoms with E-state index >= 15 is 0 Å². The number of hydrogen-bond acceptors (Lipinski definition) is 2. The molecule has 1 aromatic rings. The Morgan fingerprint density at radius 3 is 2.83 bits per heavy atom. The number of nitrogens with two attached hydrogens (primary N) is 1. The van der Waals surface area contributed by atoms with Crippen LogP contribution in [-0.4, -0.2) is 5.78 Å². The second-order valence-corrected chi connectivity index (χ2v) is 6.23. The maximum Gasteiger partial charge on any atom is 0.163 e. The minimum absolute atomic E-state index is 0.240. The highest BCUT2D eigenvalue weighted by Crippen LogP contribution is 2.58. The number of nitrogen functional groups attached to an aromatic ring is 1. The number of anilines is 1. The molecule has 0 amide bonds. The first-order chi connectivity index (χ1) is 8.66. The van der Waals surface area contributed by atoms with Gasteiger partial charge in [-0.25, -0.2) is 0 Å². The van der Waals surface area contributed by atoms with Gasteiger partial charge in [0.05, 0.1) is 0 Å². The lowest BCUT2D eigenvalue weighted by Gasteiger charge is -2.39. The topological polar surface area (TPSA) is 43.1 Å². The van der Waals surface area contributed by atoms with Gasteiger partial charge >= 0.3 is 0 Å². The predicted molar refractivity (Wildman–Crippen MR) is 71.4 cm³/mol. The largest absolute Gasteiger partial charge is 0.399 e. The first-order valence-corrected chi connectivity index (χ1v) is 6.76. The molecule has 3 aliphatic carbocycles. The van der Waals surface area contributed by atoms with Crippen LogP contribution in [0, 0.1) is 11.3 Å². The normalized spacial score (nSPS) is 32.8. The fraction of sp³-hybridized carbons (Fsp3) is 0.438. The fourth-order valence-corrected chi connectivity index (χ4v) is 4.28. The SMILES string of the molecule is Nc1ccc2c(c1)C(=O)CC1(CC3=CCC1C3)C2. The molecule has 1 spiro atoms. The average Bonchev–Trinajstić information content (AvgIpc) is 2.91. The minimum atomic E-state index is 0.240. The fourth-order valence-electron chi connectivity index (χ4n) is 4.28. The van der Waals surface area contributed by atoms with Gasteiger partial charge in [0, 0.05) is 17.7 Å². The van der Waals surface area contributed by atoms with Crippen molar-refractivity contribution in [2.24, 2.45) is 11.3 Å². The Bertz CT molecular complexity index is 587. The van der Waals surface area contributed by atoms with E-state index in [2.05, 4.69) is 12.1 Å². The summed E-state index contributed by atoms with van der Waals surface area (Å²) in [6.45, 7) is 0. The number of rotatable bonds is 0. The van der Waals surface area contributed by atoms with Crippen LogP contribution >= 0.6 is 0 Å². The Kier molecular flexibility index (Phi) is 1.87. The van der Waals surface area contributed by atoms with Crippen LogP contribution in [-0.2, 0) is 6.42 Å². The van der Waals surface area contributed by atoms with Gasteiger partial charge in [-0.1, -0.05) is 17.7 Å². The molecule has 0 heterocycles. The Hall–Kier alpha value is -1.57. The second-order valence-electron chi connectivity index (χ2n) is 6.23. The Balaban J connectivity index is 1.79. The summed E-state index contributed by atoms with van der Waals surface area (Å²) in [5.74, 6) is 1.01. The van der Waals surface area contributed by atoms with Crippen LogP contribution in [0.5, 0.6) is 0 Å². The lowest BCUT2D eigenvalue weighted by Crippen LogP contribution is -2.36. The summed E-state index contributed by atoms with van der Waals surface area (Å²) >= 11 is 0. The number of fused-ring (bicyclic) bond motifs is 4. The van der Waals surface area contributed by atoms with E-state index in [0.29, 0.717) is 17.4 Å². The van der Waals surface area contributed by atoms with Gasteiger partial charge in [-0.3, -0.25) is 4.79 Å². The third-order valence-corrected chi connectivity index (χ3v) is 5.13. The van der Waals surface area contributed by atoms with Gasteiger partial charge in [0.1, 0.15) is 0 Å². The molecular formula is C16H17NO. The molecule has 0 aliphatic heterocycles. The van der Waals surface area contributed by atoms with Crippen LogP contribution in [0.15, 0.2) is 29.8 Å². The van der Waals surface area contributed by atoms with Gasteiger partial charge in [-0.05, 0) is 54.7 Å². The minimum Gasteiger partial charge on any atom is -0.399 e. The van der Waals surface area contributed by atoms with Crippen LogP contribution in [0.2, 0.25) is 0 Å². The number of Topliss-reactive ketones (excluding diaryl/α,β-unsaturated/α-hetero) is 1. The van der Waals surface area contributed by atoms with Crippen molar-refractivity contribution in [2.45, 2.75) is 32.1 Å². The van der Waals surface area contributed by atoms with E-state index in [1.807, 2.05) is 12.1 Å². The predicted octanol–water partition coefficient (Wildman–Crippen LogP) is 3.12. The standard InChI is InChI=1S/C16H17NO/c17-13-4-2-11-8-16(9-15(18)14(11)6-13)7-10-1-3-12(16)5-10/h1-2,4,6,12H,3,5,7-9,17H2. The number of carbonyl (C=O) groups excluding carboxylic acids is 1. The molecule has 1 saturated carbocycles. The van der Waals surface area contributed by atoms with Crippen molar-refractivity contribution in [1.82, 2.24) is 0 Å². The van der Waals surface area contributed by atoms with Gasteiger partial charge in [0.25, 0.3) is 0 Å². The number of carbonyl (C=O) groups is 1. The first kappa shape index (κ1) is 10.4. The van der Waals surface area contributed by atoms with Crippen molar-refractivity contribution in [2.75, 3.05) is 5.73 Å². The maximum atomic E-state index is 12.4. The van der Waals surface area contributed by atoms with Gasteiger partial charge in [-0.2, -0.15) is 0 Å². The highest BCUT2D eigenvalue weighted by molar-refractivity contribution is 6.00. The highest BCUT2D eigenvalue weighted by Gasteiger charge is 2.50. The van der Waals surface area contributed by atoms with Crippen LogP contribution in [0.4, 0.5) is 5.69 Å². The molecule has 2 nitrogen and oxygen atoms in total. The Morgan fingerprint density at radius 1 is 1.22 bits per heavy atom. The monoisotopic (exact) mass is 239 g/mol. The summed E-state index contributed by atoms with van der Waals surface area (Å²) in [4.78, 5) is 12.4. The zero-order valence-corrected chi connectivity index (χ0v) is 10.4. The number of allylic oxidation sites excluding steroid dienone is 2. The maximum absolute atomic E-state index is 12.4. The second kappa shape index (κ2) is 3.25. The summed E-state index contributed by atoms with van der Waals surface area (Å²) in [6, 6.07) is 5.85. The molecule has 0 aromatic heterocycles. The Labute approximate surface area is 107 Å². The summed E-state index contributed by atoms with van der Waals surface area (Å²) in [6.07, 6.45) is 7.75. The molecule has 92 valence electrons. The molecule has 0 radical (unpaired) electrons. The van der Waals surface area contributed by atoms with Crippen LogP contribution in [0.3, 0.4) is 0 Å². The summed E-state index contributed by atoms with van der Waals surface area (Å²) in [7, 11) is 0. The van der Waals surface area contributed by atoms with Crippen molar-refractivity contribution in [1.29, 1.82) is 0 Å². The smallest absolute Gasteiger partial charge is 0.163 e. The van der Waals surface area contributed by atoms with E-state index in [1.165, 1.54) is 18.4 Å². The van der Waals surface area contributed by atoms with Gasteiger partial charge in [0.15, 0.2) is 5.78 Å². The van der Waals surface area contributed by atoms with E-state index in [4.69, 9.17) is 5.73 Å². The number of ketones is 1. The van der Waals surface area contributed by atoms with Crippen molar-refractivity contribution < 1.29 is 4.79 Å². The third-order valence-electron chi connectivity index (χ3n) is 5.13. The Morgan fingerprint density at radius 2 is 2.11 bits per heavy atom. The molecule has 3 aliphatic rings. The third kappa shape index (κ3) is 1.26. The highest BCUT2D eigenvalue weighted by atomic mass is 16.1. The molecule has 18 heavy (non-hydrogen) atoms. The first-order valence-electron chi connectivity index (χ1n) is 6.76. The average molecular weight is 239 g/mol. The summed E-state index contributed by atoms with van der Waals surface area (Å²) < 4.78 is 0.